The molecule has 0 N–H and O–H groups in total. The van der Waals surface area contributed by atoms with Crippen LogP contribution in [0.5, 0.6) is 0 Å². The zero-order chi connectivity index (χ0) is 11.5. The van der Waals surface area contributed by atoms with E-state index in [4.69, 9.17) is 23.2 Å². The van der Waals surface area contributed by atoms with E-state index in [-0.39, 0.29) is 0 Å². The number of halogens is 2. The average Bonchev–Trinajstić information content (AvgIpc) is 2.28. The maximum absolute atomic E-state index is 5.80. The molecule has 86 valence electrons. The summed E-state index contributed by atoms with van der Waals surface area (Å²) in [5, 5.41) is 0.838. The van der Waals surface area contributed by atoms with Gasteiger partial charge in [0.25, 0.3) is 0 Å². The molecule has 0 saturated heterocycles. The minimum atomic E-state index is 0.827. The first-order valence-electron chi connectivity index (χ1n) is 5.10. The molecule has 1 aromatic carbocycles. The summed E-state index contributed by atoms with van der Waals surface area (Å²) < 4.78 is 0. The van der Waals surface area contributed by atoms with Gasteiger partial charge in [-0.1, -0.05) is 43.5 Å². The molecule has 0 aliphatic carbocycles. The summed E-state index contributed by atoms with van der Waals surface area (Å²) >= 11 is 12.8. The van der Waals surface area contributed by atoms with Crippen LogP contribution in [0.2, 0.25) is 5.02 Å². The molecule has 0 spiro atoms. The Balaban J connectivity index is 0.000000288. The van der Waals surface area contributed by atoms with Crippen molar-refractivity contribution in [1.82, 2.24) is 0 Å². The number of benzene rings is 1. The van der Waals surface area contributed by atoms with Crippen molar-refractivity contribution in [3.05, 3.63) is 29.3 Å². The number of hydrogen-bond acceptors (Lipinski definition) is 1. The van der Waals surface area contributed by atoms with Gasteiger partial charge in [-0.15, -0.1) is 23.4 Å². The zero-order valence-electron chi connectivity index (χ0n) is 9.30. The molecule has 0 unspecified atom stereocenters. The third kappa shape index (κ3) is 8.01. The van der Waals surface area contributed by atoms with Crippen molar-refractivity contribution >= 4 is 35.0 Å². The number of rotatable bonds is 4. The molecule has 15 heavy (non-hydrogen) atoms. The predicted molar refractivity (Wildman–Crippen MR) is 73.5 cm³/mol. The second kappa shape index (κ2) is 10.7. The van der Waals surface area contributed by atoms with Gasteiger partial charge >= 0.3 is 0 Å². The molecule has 0 aliphatic heterocycles. The van der Waals surface area contributed by atoms with Gasteiger partial charge in [0.15, 0.2) is 0 Å². The number of thioether (sulfide) groups is 1. The van der Waals surface area contributed by atoms with Crippen LogP contribution < -0.4 is 0 Å². The maximum Gasteiger partial charge on any atom is 0.0541 e. The van der Waals surface area contributed by atoms with Crippen LogP contribution in [-0.2, 0) is 0 Å². The zero-order valence-corrected chi connectivity index (χ0v) is 11.6. The van der Waals surface area contributed by atoms with Gasteiger partial charge in [-0.3, -0.25) is 0 Å². The largest absolute Gasteiger partial charge is 0.128 e. The molecule has 1 aromatic rings. The van der Waals surface area contributed by atoms with Crippen molar-refractivity contribution in [3.8, 4) is 0 Å². The van der Waals surface area contributed by atoms with E-state index in [0.29, 0.717) is 0 Å². The molecule has 0 saturated carbocycles. The van der Waals surface area contributed by atoms with E-state index in [9.17, 15) is 0 Å². The fourth-order valence-corrected chi connectivity index (χ4v) is 1.99. The molecular formula is C12H18Cl2S. The Morgan fingerprint density at radius 3 is 2.20 bits per heavy atom. The summed E-state index contributed by atoms with van der Waals surface area (Å²) in [6, 6.07) is 7.82. The highest BCUT2D eigenvalue weighted by molar-refractivity contribution is 7.98. The monoisotopic (exact) mass is 264 g/mol. The molecule has 0 aliphatic rings. The van der Waals surface area contributed by atoms with Crippen molar-refractivity contribution in [2.45, 2.75) is 31.1 Å². The molecule has 0 amide bonds. The molecular weight excluding hydrogens is 247 g/mol. The second-order valence-electron chi connectivity index (χ2n) is 3.03. The van der Waals surface area contributed by atoms with Crippen LogP contribution in [0.3, 0.4) is 0 Å². The highest BCUT2D eigenvalue weighted by Gasteiger charge is 1.92. The van der Waals surface area contributed by atoms with Crippen molar-refractivity contribution in [2.24, 2.45) is 0 Å². The van der Waals surface area contributed by atoms with Gasteiger partial charge in [-0.05, 0) is 24.8 Å². The topological polar surface area (TPSA) is 0 Å². The fourth-order valence-electron chi connectivity index (χ4n) is 0.955. The second-order valence-corrected chi connectivity index (χ2v) is 4.66. The van der Waals surface area contributed by atoms with E-state index in [1.165, 1.54) is 19.3 Å². The Labute approximate surface area is 107 Å². The lowest BCUT2D eigenvalue weighted by atomic mass is 10.3. The lowest BCUT2D eigenvalue weighted by Crippen LogP contribution is -1.70. The van der Waals surface area contributed by atoms with Gasteiger partial charge in [0.1, 0.15) is 0 Å². The molecule has 1 rings (SSSR count). The Morgan fingerprint density at radius 1 is 1.20 bits per heavy atom. The summed E-state index contributed by atoms with van der Waals surface area (Å²) in [4.78, 5) is 1.14. The minimum absolute atomic E-state index is 0.827. The van der Waals surface area contributed by atoms with Crippen LogP contribution >= 0.6 is 35.0 Å². The molecule has 0 atom stereocenters. The standard InChI is InChI=1S/C7H7ClS.C5H11Cl/c1-9-7-5-3-2-4-6(7)8;1-2-3-4-5-6/h2-5H,1H3;2-5H2,1H3. The third-order valence-electron chi connectivity index (χ3n) is 1.79. The van der Waals surface area contributed by atoms with Crippen LogP contribution in [-0.4, -0.2) is 12.1 Å². The number of unbranched alkanes of at least 4 members (excludes halogenated alkanes) is 2. The first-order chi connectivity index (χ1) is 7.26. The highest BCUT2D eigenvalue weighted by atomic mass is 35.5. The molecule has 0 heterocycles. The van der Waals surface area contributed by atoms with Crippen molar-refractivity contribution in [2.75, 3.05) is 12.1 Å². The molecule has 3 heteroatoms. The van der Waals surface area contributed by atoms with E-state index in [1.807, 2.05) is 30.5 Å². The summed E-state index contributed by atoms with van der Waals surface area (Å²) in [5.41, 5.74) is 0. The van der Waals surface area contributed by atoms with E-state index in [2.05, 4.69) is 6.92 Å². The first kappa shape index (κ1) is 15.2. The summed E-state index contributed by atoms with van der Waals surface area (Å²) in [6.45, 7) is 2.17. The normalized spacial score (nSPS) is 9.33. The van der Waals surface area contributed by atoms with Gasteiger partial charge in [0.05, 0.1) is 5.02 Å². The quantitative estimate of drug-likeness (QED) is 0.395. The lowest BCUT2D eigenvalue weighted by Gasteiger charge is -1.95. The van der Waals surface area contributed by atoms with Crippen LogP contribution in [0.15, 0.2) is 29.2 Å². The van der Waals surface area contributed by atoms with Crippen LogP contribution in [0.1, 0.15) is 26.2 Å². The minimum Gasteiger partial charge on any atom is -0.128 e. The van der Waals surface area contributed by atoms with Crippen molar-refractivity contribution in [1.29, 1.82) is 0 Å². The summed E-state index contributed by atoms with van der Waals surface area (Å²) in [5.74, 6) is 0.827. The Kier molecular flexibility index (Phi) is 10.8. The highest BCUT2D eigenvalue weighted by Crippen LogP contribution is 2.23. The van der Waals surface area contributed by atoms with E-state index in [0.717, 1.165) is 15.8 Å². The summed E-state index contributed by atoms with van der Waals surface area (Å²) in [7, 11) is 0. The fraction of sp³-hybridized carbons (Fsp3) is 0.500. The SMILES string of the molecule is CCCCCCl.CSc1ccccc1Cl. The van der Waals surface area contributed by atoms with Gasteiger partial charge in [-0.25, -0.2) is 0 Å². The van der Waals surface area contributed by atoms with E-state index >= 15 is 0 Å². The molecule has 0 aromatic heterocycles. The van der Waals surface area contributed by atoms with Gasteiger partial charge in [0.2, 0.25) is 0 Å². The Hall–Kier alpha value is 0.150. The average molecular weight is 265 g/mol. The molecule has 0 radical (unpaired) electrons. The van der Waals surface area contributed by atoms with E-state index < -0.39 is 0 Å². The smallest absolute Gasteiger partial charge is 0.0541 e. The third-order valence-corrected chi connectivity index (χ3v) is 3.30. The van der Waals surface area contributed by atoms with Crippen molar-refractivity contribution < 1.29 is 0 Å². The molecule has 0 bridgehead atoms. The van der Waals surface area contributed by atoms with Crippen LogP contribution in [0.4, 0.5) is 0 Å². The maximum atomic E-state index is 5.80. The molecule has 0 nitrogen and oxygen atoms in total. The van der Waals surface area contributed by atoms with Gasteiger partial charge in [-0.2, -0.15) is 0 Å². The summed E-state index contributed by atoms with van der Waals surface area (Å²) in [6.07, 6.45) is 5.75. The number of alkyl halides is 1. The Bertz CT molecular complexity index is 247. The predicted octanol–water partition coefficient (Wildman–Crippen LogP) is 5.48. The van der Waals surface area contributed by atoms with Gasteiger partial charge in [0, 0.05) is 10.8 Å². The van der Waals surface area contributed by atoms with Crippen LogP contribution in [0.25, 0.3) is 0 Å². The Morgan fingerprint density at radius 2 is 1.87 bits per heavy atom. The number of hydrogen-bond donors (Lipinski definition) is 0. The van der Waals surface area contributed by atoms with Crippen molar-refractivity contribution in [3.63, 3.8) is 0 Å². The van der Waals surface area contributed by atoms with Gasteiger partial charge < -0.3 is 0 Å². The molecule has 0 fully saturated rings. The van der Waals surface area contributed by atoms with E-state index in [1.54, 1.807) is 11.8 Å². The van der Waals surface area contributed by atoms with Crippen LogP contribution in [0, 0.1) is 0 Å². The first-order valence-corrected chi connectivity index (χ1v) is 7.24. The lowest BCUT2D eigenvalue weighted by molar-refractivity contribution is 0.776.